The van der Waals surface area contributed by atoms with E-state index in [1.807, 2.05) is 0 Å². The highest BCUT2D eigenvalue weighted by Gasteiger charge is 2.51. The van der Waals surface area contributed by atoms with Gasteiger partial charge in [-0.15, -0.1) is 0 Å². The summed E-state index contributed by atoms with van der Waals surface area (Å²) < 4.78 is 7.18. The van der Waals surface area contributed by atoms with Crippen LogP contribution in [0.25, 0.3) is 66.1 Å². The zero-order valence-corrected chi connectivity index (χ0v) is 35.5. The largest absolute Gasteiger partial charge is 0.455 e. The van der Waals surface area contributed by atoms with E-state index in [4.69, 9.17) is 4.74 Å². The number of hydrogen-bond acceptors (Lipinski definition) is 2. The van der Waals surface area contributed by atoms with Crippen LogP contribution in [0.2, 0.25) is 0 Å². The van der Waals surface area contributed by atoms with Gasteiger partial charge in [0.05, 0.1) is 11.1 Å². The SMILES string of the molecule is c1ccc(-c2ccc(N(c3cccc(-c4ccc5c(c4)-c4ccccc4C54c5ccc6ccccc6c5Oc5c4ccc4ccccc54)c3)c3ccccc3-c3ccccc3)cc2)cc1. The van der Waals surface area contributed by atoms with Gasteiger partial charge in [-0.05, 0) is 97.2 Å². The van der Waals surface area contributed by atoms with Crippen LogP contribution in [-0.4, -0.2) is 0 Å². The number of rotatable bonds is 6. The Labute approximate surface area is 378 Å². The average molecular weight is 828 g/mol. The van der Waals surface area contributed by atoms with Crippen molar-refractivity contribution >= 4 is 38.6 Å². The first-order chi connectivity index (χ1) is 32.2. The fourth-order valence-corrected chi connectivity index (χ4v) is 10.8. The van der Waals surface area contributed by atoms with Gasteiger partial charge >= 0.3 is 0 Å². The van der Waals surface area contributed by atoms with Gasteiger partial charge in [-0.2, -0.15) is 0 Å². The third-order valence-corrected chi connectivity index (χ3v) is 13.7. The van der Waals surface area contributed by atoms with E-state index in [0.29, 0.717) is 0 Å². The molecule has 1 aliphatic carbocycles. The zero-order valence-electron chi connectivity index (χ0n) is 35.5. The molecule has 1 heterocycles. The Kier molecular flexibility index (Phi) is 8.47. The lowest BCUT2D eigenvalue weighted by atomic mass is 9.65. The van der Waals surface area contributed by atoms with Gasteiger partial charge in [-0.25, -0.2) is 0 Å². The minimum absolute atomic E-state index is 0.590. The molecule has 1 aliphatic heterocycles. The molecule has 11 aromatic rings. The van der Waals surface area contributed by atoms with Crippen molar-refractivity contribution in [2.24, 2.45) is 0 Å². The van der Waals surface area contributed by atoms with Crippen LogP contribution in [0.1, 0.15) is 22.3 Å². The highest BCUT2D eigenvalue weighted by molar-refractivity contribution is 6.00. The number of hydrogen-bond donors (Lipinski definition) is 0. The van der Waals surface area contributed by atoms with E-state index in [9.17, 15) is 0 Å². The summed E-state index contributed by atoms with van der Waals surface area (Å²) >= 11 is 0. The monoisotopic (exact) mass is 827 g/mol. The van der Waals surface area contributed by atoms with Crippen molar-refractivity contribution in [1.82, 2.24) is 0 Å². The molecule has 1 spiro atoms. The minimum atomic E-state index is -0.590. The van der Waals surface area contributed by atoms with Crippen LogP contribution in [0.4, 0.5) is 17.1 Å². The third kappa shape index (κ3) is 5.74. The molecule has 0 radical (unpaired) electrons. The van der Waals surface area contributed by atoms with Crippen molar-refractivity contribution in [1.29, 1.82) is 0 Å². The summed E-state index contributed by atoms with van der Waals surface area (Å²) in [7, 11) is 0. The van der Waals surface area contributed by atoms with Gasteiger partial charge in [0.25, 0.3) is 0 Å². The summed E-state index contributed by atoms with van der Waals surface area (Å²) in [5.74, 6) is 1.86. The normalized spacial score (nSPS) is 12.9. The number of anilines is 3. The van der Waals surface area contributed by atoms with Crippen molar-refractivity contribution in [3.63, 3.8) is 0 Å². The Morgan fingerprint density at radius 3 is 1.51 bits per heavy atom. The number of fused-ring (bicyclic) bond motifs is 13. The van der Waals surface area contributed by atoms with E-state index in [2.05, 4.69) is 254 Å². The Balaban J connectivity index is 0.998. The second-order valence-electron chi connectivity index (χ2n) is 17.2. The molecule has 2 nitrogen and oxygen atoms in total. The molecule has 13 rings (SSSR count). The number of nitrogens with zero attached hydrogens (tertiary/aromatic N) is 1. The molecule has 0 saturated heterocycles. The van der Waals surface area contributed by atoms with Crippen molar-refractivity contribution in [3.05, 3.63) is 271 Å². The summed E-state index contributed by atoms with van der Waals surface area (Å²) in [5.41, 5.74) is 17.1. The summed E-state index contributed by atoms with van der Waals surface area (Å²) in [4.78, 5) is 2.41. The Morgan fingerprint density at radius 2 is 0.800 bits per heavy atom. The van der Waals surface area contributed by atoms with Crippen LogP contribution in [0, 0.1) is 0 Å². The first kappa shape index (κ1) is 37.1. The van der Waals surface area contributed by atoms with Crippen molar-refractivity contribution in [3.8, 4) is 56.0 Å². The molecule has 2 aliphatic rings. The highest BCUT2D eigenvalue weighted by atomic mass is 16.5. The molecule has 0 aromatic heterocycles. The first-order valence-electron chi connectivity index (χ1n) is 22.4. The summed E-state index contributed by atoms with van der Waals surface area (Å²) in [6.07, 6.45) is 0. The summed E-state index contributed by atoms with van der Waals surface area (Å²) in [6.45, 7) is 0. The molecule has 0 N–H and O–H groups in total. The fourth-order valence-electron chi connectivity index (χ4n) is 10.8. The molecular formula is C63H41NO. The van der Waals surface area contributed by atoms with Crippen LogP contribution in [0.5, 0.6) is 11.5 Å². The molecule has 0 amide bonds. The quantitative estimate of drug-likeness (QED) is 0.166. The molecule has 11 aromatic carbocycles. The lowest BCUT2D eigenvalue weighted by Crippen LogP contribution is -2.32. The van der Waals surface area contributed by atoms with Crippen LogP contribution >= 0.6 is 0 Å². The van der Waals surface area contributed by atoms with E-state index in [1.54, 1.807) is 0 Å². The Hall–Kier alpha value is -8.46. The first-order valence-corrected chi connectivity index (χ1v) is 22.4. The molecule has 0 unspecified atom stereocenters. The predicted molar refractivity (Wildman–Crippen MR) is 270 cm³/mol. The van der Waals surface area contributed by atoms with E-state index in [1.165, 1.54) is 66.4 Å². The van der Waals surface area contributed by atoms with E-state index >= 15 is 0 Å². The van der Waals surface area contributed by atoms with Gasteiger partial charge in [-0.3, -0.25) is 0 Å². The van der Waals surface area contributed by atoms with Crippen LogP contribution in [-0.2, 0) is 5.41 Å². The maximum Gasteiger partial charge on any atom is 0.140 e. The van der Waals surface area contributed by atoms with Gasteiger partial charge in [-0.1, -0.05) is 212 Å². The second kappa shape index (κ2) is 14.8. The lowest BCUT2D eigenvalue weighted by Gasteiger charge is -2.40. The van der Waals surface area contributed by atoms with Gasteiger partial charge in [0, 0.05) is 38.8 Å². The Morgan fingerprint density at radius 1 is 0.292 bits per heavy atom. The Bertz CT molecular complexity index is 3540. The average Bonchev–Trinajstić information content (AvgIpc) is 3.67. The van der Waals surface area contributed by atoms with Gasteiger partial charge in [0.1, 0.15) is 11.5 Å². The maximum absolute atomic E-state index is 7.18. The van der Waals surface area contributed by atoms with Crippen LogP contribution in [0.3, 0.4) is 0 Å². The van der Waals surface area contributed by atoms with Gasteiger partial charge in [0.2, 0.25) is 0 Å². The van der Waals surface area contributed by atoms with Gasteiger partial charge < -0.3 is 9.64 Å². The third-order valence-electron chi connectivity index (χ3n) is 13.7. The van der Waals surface area contributed by atoms with Crippen molar-refractivity contribution in [2.45, 2.75) is 5.41 Å². The molecular weight excluding hydrogens is 787 g/mol. The molecule has 2 heteroatoms. The predicted octanol–water partition coefficient (Wildman–Crippen LogP) is 16.9. The standard InChI is InChI=1S/C63H41NO/c1-3-16-42(17-4-1)43-30-35-49(36-31-43)64(60-29-14-12-24-51(60)44-18-5-2-6-19-44)50-23-15-22-47(40-50)48-34-37-57-55(41-48)54-27-11-13-28-56(54)63(57)58-38-32-45-20-7-9-25-52(45)61(58)65-62-53-26-10-8-21-46(53)33-39-59(62)63/h1-41H. The minimum Gasteiger partial charge on any atom is -0.455 e. The van der Waals surface area contributed by atoms with E-state index in [-0.39, 0.29) is 0 Å². The molecule has 0 atom stereocenters. The summed E-state index contributed by atoms with van der Waals surface area (Å²) in [5, 5.41) is 4.57. The number of ether oxygens (including phenoxy) is 1. The van der Waals surface area contributed by atoms with Crippen LogP contribution < -0.4 is 9.64 Å². The summed E-state index contributed by atoms with van der Waals surface area (Å²) in [6, 6.07) is 90.6. The van der Waals surface area contributed by atoms with E-state index < -0.39 is 5.41 Å². The lowest BCUT2D eigenvalue weighted by molar-refractivity contribution is 0.447. The number of benzene rings is 11. The van der Waals surface area contributed by atoms with Crippen molar-refractivity contribution < 1.29 is 4.74 Å². The topological polar surface area (TPSA) is 12.5 Å². The maximum atomic E-state index is 7.18. The van der Waals surface area contributed by atoms with Gasteiger partial charge in [0.15, 0.2) is 0 Å². The van der Waals surface area contributed by atoms with E-state index in [0.717, 1.165) is 50.5 Å². The van der Waals surface area contributed by atoms with Crippen LogP contribution in [0.15, 0.2) is 249 Å². The molecule has 0 fully saturated rings. The molecule has 0 saturated carbocycles. The molecule has 304 valence electrons. The van der Waals surface area contributed by atoms with Crippen molar-refractivity contribution in [2.75, 3.05) is 4.90 Å². The zero-order chi connectivity index (χ0) is 42.9. The smallest absolute Gasteiger partial charge is 0.140 e. The molecule has 0 bridgehead atoms. The fraction of sp³-hybridized carbons (Fsp3) is 0.0159. The molecule has 65 heavy (non-hydrogen) atoms. The number of para-hydroxylation sites is 1. The highest BCUT2D eigenvalue weighted by Crippen LogP contribution is 2.64. The second-order valence-corrected chi connectivity index (χ2v) is 17.2.